The summed E-state index contributed by atoms with van der Waals surface area (Å²) in [6.45, 7) is 21.6. The summed E-state index contributed by atoms with van der Waals surface area (Å²) in [6.07, 6.45) is 7.24. The molecule has 0 atom stereocenters. The zero-order valence-corrected chi connectivity index (χ0v) is 28.5. The smallest absolute Gasteiger partial charge is 0.123 e. The molecule has 1 saturated heterocycles. The normalized spacial score (nSPS) is 19.1. The van der Waals surface area contributed by atoms with Crippen molar-refractivity contribution in [1.82, 2.24) is 4.90 Å². The average Bonchev–Trinajstić information content (AvgIpc) is 3.01. The fourth-order valence-electron chi connectivity index (χ4n) is 6.51. The maximum Gasteiger partial charge on any atom is 0.123 e. The van der Waals surface area contributed by atoms with Crippen LogP contribution in [0, 0.1) is 37.4 Å². The first-order chi connectivity index (χ1) is 21.6. The van der Waals surface area contributed by atoms with E-state index < -0.39 is 0 Å². The van der Waals surface area contributed by atoms with E-state index in [0.29, 0.717) is 11.8 Å². The Morgan fingerprint density at radius 1 is 1.00 bits per heavy atom. The summed E-state index contributed by atoms with van der Waals surface area (Å²) < 4.78 is 13.9. The van der Waals surface area contributed by atoms with Gasteiger partial charge in [-0.05, 0) is 123 Å². The van der Waals surface area contributed by atoms with Crippen molar-refractivity contribution >= 4 is 11.3 Å². The summed E-state index contributed by atoms with van der Waals surface area (Å²) in [5.41, 5.74) is 9.43. The van der Waals surface area contributed by atoms with Gasteiger partial charge in [0.2, 0.25) is 0 Å². The minimum absolute atomic E-state index is 0.135. The van der Waals surface area contributed by atoms with E-state index >= 15 is 0 Å². The van der Waals surface area contributed by atoms with Crippen LogP contribution in [0.5, 0.6) is 0 Å². The van der Waals surface area contributed by atoms with Gasteiger partial charge in [0, 0.05) is 30.4 Å². The number of benzene rings is 3. The maximum atomic E-state index is 13.9. The number of para-hydroxylation sites is 1. The van der Waals surface area contributed by atoms with Crippen LogP contribution in [0.3, 0.4) is 0 Å². The summed E-state index contributed by atoms with van der Waals surface area (Å²) >= 11 is 0. The first-order valence-electron chi connectivity index (χ1n) is 17.0. The van der Waals surface area contributed by atoms with Crippen molar-refractivity contribution < 1.29 is 9.50 Å². The highest BCUT2D eigenvalue weighted by atomic mass is 19.1. The molecule has 3 nitrogen and oxygen atoms in total. The van der Waals surface area contributed by atoms with Crippen molar-refractivity contribution in [2.75, 3.05) is 24.5 Å². The number of rotatable bonds is 10. The predicted octanol–water partition coefficient (Wildman–Crippen LogP) is 9.95. The lowest BCUT2D eigenvalue weighted by molar-refractivity contribution is 0.0462. The van der Waals surface area contributed by atoms with E-state index in [0.717, 1.165) is 74.5 Å². The Morgan fingerprint density at radius 2 is 1.69 bits per heavy atom. The van der Waals surface area contributed by atoms with E-state index in [-0.39, 0.29) is 11.9 Å². The largest absolute Gasteiger partial charge is 0.393 e. The molecule has 0 aromatic heterocycles. The monoisotopic (exact) mass is 610 g/mol. The molecule has 3 aromatic carbocycles. The number of likely N-dealkylation sites (tertiary alicyclic amines) is 1. The second kappa shape index (κ2) is 16.4. The summed E-state index contributed by atoms with van der Waals surface area (Å²) in [6, 6.07) is 22.2. The Bertz CT molecular complexity index is 1430. The lowest BCUT2D eigenvalue weighted by atomic mass is 9.81. The average molecular weight is 611 g/mol. The molecule has 1 saturated carbocycles. The molecule has 0 radical (unpaired) electrons. The topological polar surface area (TPSA) is 26.7 Å². The lowest BCUT2D eigenvalue weighted by Gasteiger charge is -2.41. The van der Waals surface area contributed by atoms with Gasteiger partial charge in [-0.15, -0.1) is 0 Å². The zero-order valence-electron chi connectivity index (χ0n) is 28.5. The molecule has 1 aliphatic heterocycles. The molecule has 2 fully saturated rings. The van der Waals surface area contributed by atoms with Crippen LogP contribution in [0.2, 0.25) is 0 Å². The zero-order chi connectivity index (χ0) is 32.5. The van der Waals surface area contributed by atoms with Crippen molar-refractivity contribution in [3.63, 3.8) is 0 Å². The third-order valence-electron chi connectivity index (χ3n) is 9.69. The fourth-order valence-corrected chi connectivity index (χ4v) is 6.51. The molecule has 45 heavy (non-hydrogen) atoms. The lowest BCUT2D eigenvalue weighted by Crippen LogP contribution is -2.41. The van der Waals surface area contributed by atoms with Crippen LogP contribution in [0.1, 0.15) is 87.6 Å². The number of hydrogen-bond donors (Lipinski definition) is 1. The van der Waals surface area contributed by atoms with Crippen molar-refractivity contribution in [3.05, 3.63) is 119 Å². The fraction of sp³-hybridized carbons (Fsp3) is 0.463. The van der Waals surface area contributed by atoms with Crippen molar-refractivity contribution in [2.45, 2.75) is 86.3 Å². The van der Waals surface area contributed by atoms with Crippen LogP contribution in [-0.2, 0) is 6.54 Å². The summed E-state index contributed by atoms with van der Waals surface area (Å²) in [5.74, 6) is 1.67. The van der Waals surface area contributed by atoms with Gasteiger partial charge in [-0.1, -0.05) is 88.4 Å². The van der Waals surface area contributed by atoms with Gasteiger partial charge < -0.3 is 10.0 Å². The number of halogens is 1. The highest BCUT2D eigenvalue weighted by Crippen LogP contribution is 2.36. The molecule has 0 spiro atoms. The Kier molecular flexibility index (Phi) is 12.6. The van der Waals surface area contributed by atoms with Gasteiger partial charge in [-0.2, -0.15) is 0 Å². The number of aliphatic hydroxyl groups excluding tert-OH is 1. The van der Waals surface area contributed by atoms with Gasteiger partial charge in [-0.25, -0.2) is 4.39 Å². The molecule has 0 amide bonds. The van der Waals surface area contributed by atoms with Crippen LogP contribution in [0.15, 0.2) is 85.1 Å². The second-order valence-electron chi connectivity index (χ2n) is 13.6. The molecule has 3 aromatic rings. The predicted molar refractivity (Wildman–Crippen MR) is 190 cm³/mol. The van der Waals surface area contributed by atoms with E-state index in [2.05, 4.69) is 99.5 Å². The first kappa shape index (κ1) is 34.7. The molecule has 242 valence electrons. The van der Waals surface area contributed by atoms with Crippen LogP contribution in [-0.4, -0.2) is 35.7 Å². The highest BCUT2D eigenvalue weighted by Gasteiger charge is 2.32. The number of piperidine rings is 1. The quantitative estimate of drug-likeness (QED) is 0.247. The van der Waals surface area contributed by atoms with Crippen LogP contribution in [0.4, 0.5) is 10.1 Å². The molecular formula is C41H55FN2O. The van der Waals surface area contributed by atoms with Crippen molar-refractivity contribution in [3.8, 4) is 0 Å². The van der Waals surface area contributed by atoms with E-state index in [9.17, 15) is 9.50 Å². The SMILES string of the molecule is C=C(C1CCN(Cc2ccc(/C(=C\C)c3cccc(F)c3)c(C)c2)CC1)N(CC1CC(O)C1)c1ccccc1C.CCC(C)C. The molecule has 2 aliphatic rings. The number of nitrogens with zero attached hydrogens (tertiary/aromatic N) is 2. The second-order valence-corrected chi connectivity index (χ2v) is 13.6. The van der Waals surface area contributed by atoms with Gasteiger partial charge in [0.1, 0.15) is 5.82 Å². The van der Waals surface area contributed by atoms with Gasteiger partial charge in [0.15, 0.2) is 0 Å². The summed E-state index contributed by atoms with van der Waals surface area (Å²) in [7, 11) is 0. The van der Waals surface area contributed by atoms with Gasteiger partial charge in [0.05, 0.1) is 6.10 Å². The molecule has 1 N–H and O–H groups in total. The molecular weight excluding hydrogens is 555 g/mol. The molecule has 0 bridgehead atoms. The van der Waals surface area contributed by atoms with E-state index in [4.69, 9.17) is 0 Å². The minimum Gasteiger partial charge on any atom is -0.393 e. The Labute approximate surface area is 272 Å². The molecule has 4 heteroatoms. The van der Waals surface area contributed by atoms with Crippen molar-refractivity contribution in [2.24, 2.45) is 17.8 Å². The van der Waals surface area contributed by atoms with E-state index in [1.165, 1.54) is 40.6 Å². The number of allylic oxidation sites excluding steroid dienone is 2. The number of hydrogen-bond acceptors (Lipinski definition) is 3. The van der Waals surface area contributed by atoms with Crippen LogP contribution in [0.25, 0.3) is 5.57 Å². The van der Waals surface area contributed by atoms with E-state index in [1.54, 1.807) is 12.1 Å². The number of aryl methyl sites for hydroxylation is 2. The van der Waals surface area contributed by atoms with Crippen LogP contribution >= 0.6 is 0 Å². The molecule has 5 rings (SSSR count). The number of anilines is 1. The molecule has 0 unspecified atom stereocenters. The summed E-state index contributed by atoms with van der Waals surface area (Å²) in [5, 5.41) is 9.87. The Hall–Kier alpha value is -3.21. The standard InChI is InChI=1S/C36H43FN2O.C5H12/c1-5-34(31-10-8-11-32(37)22-31)35-14-13-28(19-26(35)3)23-38-17-15-30(16-18-38)27(4)39(24-29-20-33(40)21-29)36-12-7-6-9-25(36)2;1-4-5(2)3/h5-14,19,22,29-30,33,40H,4,15-18,20-21,23-24H2,1-3H3;5H,4H2,1-3H3/b34-5-;. The van der Waals surface area contributed by atoms with Crippen LogP contribution < -0.4 is 4.90 Å². The molecule has 1 aliphatic carbocycles. The van der Waals surface area contributed by atoms with Gasteiger partial charge in [0.25, 0.3) is 0 Å². The molecule has 1 heterocycles. The Morgan fingerprint density at radius 3 is 2.27 bits per heavy atom. The summed E-state index contributed by atoms with van der Waals surface area (Å²) in [4.78, 5) is 5.01. The Balaban J connectivity index is 0.000000854. The van der Waals surface area contributed by atoms with E-state index in [1.807, 2.05) is 13.0 Å². The third-order valence-corrected chi connectivity index (χ3v) is 9.69. The minimum atomic E-state index is -0.207. The van der Waals surface area contributed by atoms with Gasteiger partial charge >= 0.3 is 0 Å². The van der Waals surface area contributed by atoms with Gasteiger partial charge in [-0.3, -0.25) is 4.90 Å². The van der Waals surface area contributed by atoms with Crippen molar-refractivity contribution in [1.29, 1.82) is 0 Å². The maximum absolute atomic E-state index is 13.9. The first-order valence-corrected chi connectivity index (χ1v) is 17.0. The number of aliphatic hydroxyl groups is 1. The highest BCUT2D eigenvalue weighted by molar-refractivity contribution is 5.81. The third kappa shape index (κ3) is 9.40.